The van der Waals surface area contributed by atoms with Gasteiger partial charge in [0, 0.05) is 5.69 Å². The third-order valence-corrected chi connectivity index (χ3v) is 2.75. The molecule has 0 aromatic heterocycles. The molecule has 0 radical (unpaired) electrons. The SMILES string of the molecule is CC(C)(C)OC(=O)Cc1ccc(C(=O)O)cc1NC(=O)OC(C)(C)C. The molecule has 0 aliphatic carbocycles. The van der Waals surface area contributed by atoms with Crippen LogP contribution in [0.25, 0.3) is 0 Å². The lowest BCUT2D eigenvalue weighted by atomic mass is 10.1. The molecule has 0 saturated carbocycles. The molecule has 1 rings (SSSR count). The Morgan fingerprint density at radius 2 is 1.56 bits per heavy atom. The normalized spacial score (nSPS) is 11.6. The second kappa shape index (κ2) is 7.55. The van der Waals surface area contributed by atoms with Crippen LogP contribution in [0.15, 0.2) is 18.2 Å². The molecule has 7 nitrogen and oxygen atoms in total. The first-order chi connectivity index (χ1) is 11.3. The van der Waals surface area contributed by atoms with Crippen molar-refractivity contribution < 1.29 is 29.0 Å². The van der Waals surface area contributed by atoms with Crippen LogP contribution < -0.4 is 5.32 Å². The molecule has 1 amide bonds. The first-order valence-electron chi connectivity index (χ1n) is 7.85. The van der Waals surface area contributed by atoms with Crippen LogP contribution in [0.2, 0.25) is 0 Å². The number of carbonyl (C=O) groups excluding carboxylic acids is 2. The highest BCUT2D eigenvalue weighted by atomic mass is 16.6. The predicted molar refractivity (Wildman–Crippen MR) is 92.8 cm³/mol. The van der Waals surface area contributed by atoms with Crippen molar-refractivity contribution >= 4 is 23.7 Å². The van der Waals surface area contributed by atoms with Crippen LogP contribution in [0, 0.1) is 0 Å². The molecule has 0 aliphatic heterocycles. The number of amides is 1. The standard InChI is InChI=1S/C18H25NO6/c1-17(2,3)24-14(20)10-11-7-8-12(15(21)22)9-13(11)19-16(23)25-18(4,5)6/h7-9H,10H2,1-6H3,(H,19,23)(H,21,22). The van der Waals surface area contributed by atoms with Gasteiger partial charge in [0.05, 0.1) is 12.0 Å². The summed E-state index contributed by atoms with van der Waals surface area (Å²) in [5, 5.41) is 11.6. The molecule has 25 heavy (non-hydrogen) atoms. The third kappa shape index (κ3) is 7.69. The zero-order valence-corrected chi connectivity index (χ0v) is 15.4. The number of hydrogen-bond donors (Lipinski definition) is 2. The Hall–Kier alpha value is -2.57. The summed E-state index contributed by atoms with van der Waals surface area (Å²) in [6, 6.07) is 4.12. The van der Waals surface area contributed by atoms with Gasteiger partial charge in [0.15, 0.2) is 0 Å². The fourth-order valence-corrected chi connectivity index (χ4v) is 1.93. The first-order valence-corrected chi connectivity index (χ1v) is 7.85. The van der Waals surface area contributed by atoms with Gasteiger partial charge < -0.3 is 14.6 Å². The van der Waals surface area contributed by atoms with Gasteiger partial charge in [-0.05, 0) is 59.2 Å². The Labute approximate surface area is 147 Å². The van der Waals surface area contributed by atoms with Crippen molar-refractivity contribution in [3.63, 3.8) is 0 Å². The summed E-state index contributed by atoms with van der Waals surface area (Å²) in [7, 11) is 0. The van der Waals surface area contributed by atoms with Crippen molar-refractivity contribution in [1.29, 1.82) is 0 Å². The molecule has 0 bridgehead atoms. The van der Waals surface area contributed by atoms with Crippen LogP contribution in [0.4, 0.5) is 10.5 Å². The molecule has 0 heterocycles. The first kappa shape index (κ1) is 20.5. The van der Waals surface area contributed by atoms with Crippen molar-refractivity contribution in [3.8, 4) is 0 Å². The van der Waals surface area contributed by atoms with Crippen LogP contribution in [0.3, 0.4) is 0 Å². The van der Waals surface area contributed by atoms with E-state index in [2.05, 4.69) is 5.32 Å². The quantitative estimate of drug-likeness (QED) is 0.803. The molecule has 138 valence electrons. The zero-order chi connectivity index (χ0) is 19.4. The monoisotopic (exact) mass is 351 g/mol. The molecule has 2 N–H and O–H groups in total. The van der Waals surface area contributed by atoms with Crippen LogP contribution in [0.5, 0.6) is 0 Å². The summed E-state index contributed by atoms with van der Waals surface area (Å²) in [5.41, 5.74) is -0.736. The number of carbonyl (C=O) groups is 3. The fraction of sp³-hybridized carbons (Fsp3) is 0.500. The number of aromatic carboxylic acids is 1. The summed E-state index contributed by atoms with van der Waals surface area (Å²) in [6.45, 7) is 10.4. The second-order valence-electron chi connectivity index (χ2n) is 7.57. The average Bonchev–Trinajstić information content (AvgIpc) is 2.35. The highest BCUT2D eigenvalue weighted by molar-refractivity contribution is 5.93. The van der Waals surface area contributed by atoms with Gasteiger partial charge in [-0.1, -0.05) is 6.07 Å². The maximum absolute atomic E-state index is 12.0. The maximum Gasteiger partial charge on any atom is 0.412 e. The van der Waals surface area contributed by atoms with Gasteiger partial charge in [-0.3, -0.25) is 10.1 Å². The number of esters is 1. The lowest BCUT2D eigenvalue weighted by molar-refractivity contribution is -0.153. The number of carboxylic acid groups (broad SMARTS) is 1. The van der Waals surface area contributed by atoms with E-state index in [1.807, 2.05) is 0 Å². The van der Waals surface area contributed by atoms with E-state index in [1.54, 1.807) is 41.5 Å². The minimum atomic E-state index is -1.14. The molecular formula is C18H25NO6. The minimum Gasteiger partial charge on any atom is -0.478 e. The number of anilines is 1. The largest absolute Gasteiger partial charge is 0.478 e. The van der Waals surface area contributed by atoms with Crippen LogP contribution in [-0.2, 0) is 20.7 Å². The van der Waals surface area contributed by atoms with Crippen molar-refractivity contribution in [2.24, 2.45) is 0 Å². The van der Waals surface area contributed by atoms with E-state index >= 15 is 0 Å². The number of carboxylic acids is 1. The number of ether oxygens (including phenoxy) is 2. The fourth-order valence-electron chi connectivity index (χ4n) is 1.93. The van der Waals surface area contributed by atoms with Gasteiger partial charge in [-0.25, -0.2) is 9.59 Å². The Balaban J connectivity index is 3.05. The lowest BCUT2D eigenvalue weighted by Crippen LogP contribution is -2.28. The van der Waals surface area contributed by atoms with Crippen LogP contribution in [0.1, 0.15) is 57.5 Å². The van der Waals surface area contributed by atoms with E-state index in [9.17, 15) is 14.4 Å². The van der Waals surface area contributed by atoms with Crippen molar-refractivity contribution in [3.05, 3.63) is 29.3 Å². The van der Waals surface area contributed by atoms with Crippen LogP contribution in [-0.4, -0.2) is 34.3 Å². The van der Waals surface area contributed by atoms with E-state index in [1.165, 1.54) is 18.2 Å². The maximum atomic E-state index is 12.0. The van der Waals surface area contributed by atoms with E-state index in [0.29, 0.717) is 5.56 Å². The molecular weight excluding hydrogens is 326 g/mol. The minimum absolute atomic E-state index is 0.0148. The molecule has 0 spiro atoms. The molecule has 0 fully saturated rings. The summed E-state index contributed by atoms with van der Waals surface area (Å²) in [5.74, 6) is -1.63. The van der Waals surface area contributed by atoms with Gasteiger partial charge in [0.1, 0.15) is 11.2 Å². The number of hydrogen-bond acceptors (Lipinski definition) is 5. The Morgan fingerprint density at radius 3 is 2.04 bits per heavy atom. The van der Waals surface area contributed by atoms with Gasteiger partial charge in [0.2, 0.25) is 0 Å². The Kier molecular flexibility index (Phi) is 6.18. The molecule has 7 heteroatoms. The lowest BCUT2D eigenvalue weighted by Gasteiger charge is -2.22. The number of rotatable bonds is 4. The topological polar surface area (TPSA) is 102 Å². The molecule has 0 aliphatic rings. The molecule has 0 saturated heterocycles. The molecule has 0 unspecified atom stereocenters. The van der Waals surface area contributed by atoms with E-state index in [4.69, 9.17) is 14.6 Å². The smallest absolute Gasteiger partial charge is 0.412 e. The van der Waals surface area contributed by atoms with Gasteiger partial charge >= 0.3 is 18.0 Å². The van der Waals surface area contributed by atoms with Crippen LogP contribution >= 0.6 is 0 Å². The van der Waals surface area contributed by atoms with E-state index in [-0.39, 0.29) is 17.7 Å². The molecule has 1 aromatic carbocycles. The second-order valence-corrected chi connectivity index (χ2v) is 7.57. The van der Waals surface area contributed by atoms with Crippen molar-refractivity contribution in [2.75, 3.05) is 5.32 Å². The van der Waals surface area contributed by atoms with Crippen molar-refractivity contribution in [1.82, 2.24) is 0 Å². The van der Waals surface area contributed by atoms with Crippen molar-refractivity contribution in [2.45, 2.75) is 59.2 Å². The Bertz CT molecular complexity index is 667. The number of benzene rings is 1. The average molecular weight is 351 g/mol. The summed E-state index contributed by atoms with van der Waals surface area (Å²) in [4.78, 5) is 35.2. The van der Waals surface area contributed by atoms with E-state index < -0.39 is 29.2 Å². The third-order valence-electron chi connectivity index (χ3n) is 2.75. The summed E-state index contributed by atoms with van der Waals surface area (Å²) < 4.78 is 10.4. The number of nitrogens with one attached hydrogen (secondary N) is 1. The van der Waals surface area contributed by atoms with E-state index in [0.717, 1.165) is 0 Å². The molecule has 1 aromatic rings. The van der Waals surface area contributed by atoms with Gasteiger partial charge in [-0.2, -0.15) is 0 Å². The highest BCUT2D eigenvalue weighted by Gasteiger charge is 2.21. The van der Waals surface area contributed by atoms with Gasteiger partial charge in [0.25, 0.3) is 0 Å². The highest BCUT2D eigenvalue weighted by Crippen LogP contribution is 2.21. The molecule has 0 atom stereocenters. The Morgan fingerprint density at radius 1 is 1.00 bits per heavy atom. The zero-order valence-electron chi connectivity index (χ0n) is 15.4. The van der Waals surface area contributed by atoms with Gasteiger partial charge in [-0.15, -0.1) is 0 Å². The summed E-state index contributed by atoms with van der Waals surface area (Å²) in [6.07, 6.45) is -0.844. The predicted octanol–water partition coefficient (Wildman–Crippen LogP) is 3.62. The summed E-state index contributed by atoms with van der Waals surface area (Å²) >= 11 is 0.